The molecule has 4 aromatic rings. The van der Waals surface area contributed by atoms with Crippen molar-refractivity contribution in [2.24, 2.45) is 0 Å². The first kappa shape index (κ1) is 23.4. The lowest BCUT2D eigenvalue weighted by Crippen LogP contribution is -2.15. The van der Waals surface area contributed by atoms with E-state index in [0.717, 1.165) is 33.9 Å². The zero-order chi connectivity index (χ0) is 24.2. The van der Waals surface area contributed by atoms with Gasteiger partial charge in [0.15, 0.2) is 0 Å². The van der Waals surface area contributed by atoms with Crippen molar-refractivity contribution < 1.29 is 14.3 Å². The molecule has 0 radical (unpaired) electrons. The van der Waals surface area contributed by atoms with Crippen molar-refractivity contribution in [2.75, 3.05) is 5.32 Å². The number of aryl methyl sites for hydroxylation is 4. The third-order valence-corrected chi connectivity index (χ3v) is 6.18. The molecule has 8 heteroatoms. The van der Waals surface area contributed by atoms with E-state index in [9.17, 15) is 9.59 Å². The van der Waals surface area contributed by atoms with Gasteiger partial charge in [0, 0.05) is 16.8 Å². The zero-order valence-electron chi connectivity index (χ0n) is 19.6. The Balaban J connectivity index is 1.31. The predicted molar refractivity (Wildman–Crippen MR) is 133 cm³/mol. The van der Waals surface area contributed by atoms with Crippen LogP contribution in [0.15, 0.2) is 53.9 Å². The Labute approximate surface area is 202 Å². The number of carbonyl (C=O) groups is 2. The first-order valence-electron chi connectivity index (χ1n) is 10.9. The molecule has 0 unspecified atom stereocenters. The lowest BCUT2D eigenvalue weighted by molar-refractivity contribution is -0.115. The van der Waals surface area contributed by atoms with Crippen molar-refractivity contribution in [1.82, 2.24) is 14.8 Å². The first-order valence-corrected chi connectivity index (χ1v) is 11.8. The Kier molecular flexibility index (Phi) is 6.88. The van der Waals surface area contributed by atoms with Gasteiger partial charge in [0.25, 0.3) is 0 Å². The third-order valence-electron chi connectivity index (χ3n) is 5.29. The standard InChI is InChI=1S/C26H26N4O3S/c1-16-5-6-17(2)23(11-16)28-24(31)13-25-27-21(15-34-25)14-33-26(32)20-7-9-22(10-8-20)30-19(4)12-18(3)29-30/h5-12,15H,13-14H2,1-4H3,(H,28,31). The molecule has 2 aromatic heterocycles. The van der Waals surface area contributed by atoms with Crippen LogP contribution in [0.2, 0.25) is 0 Å². The highest BCUT2D eigenvalue weighted by atomic mass is 32.1. The minimum atomic E-state index is -0.429. The van der Waals surface area contributed by atoms with Crippen LogP contribution in [0.3, 0.4) is 0 Å². The van der Waals surface area contributed by atoms with E-state index in [1.165, 1.54) is 11.3 Å². The first-order chi connectivity index (χ1) is 16.3. The van der Waals surface area contributed by atoms with Gasteiger partial charge in [-0.1, -0.05) is 12.1 Å². The summed E-state index contributed by atoms with van der Waals surface area (Å²) in [6, 6.07) is 15.1. The molecule has 2 heterocycles. The summed E-state index contributed by atoms with van der Waals surface area (Å²) in [5, 5.41) is 9.86. The fourth-order valence-electron chi connectivity index (χ4n) is 3.55. The van der Waals surface area contributed by atoms with E-state index in [0.29, 0.717) is 16.3 Å². The van der Waals surface area contributed by atoms with Crippen LogP contribution in [0.5, 0.6) is 0 Å². The molecule has 0 fully saturated rings. The molecule has 1 amide bonds. The zero-order valence-corrected chi connectivity index (χ0v) is 20.4. The predicted octanol–water partition coefficient (Wildman–Crippen LogP) is 5.10. The number of carbonyl (C=O) groups excluding carboxylic acids is 2. The molecule has 0 aliphatic carbocycles. The highest BCUT2D eigenvalue weighted by Crippen LogP contribution is 2.18. The second kappa shape index (κ2) is 10.0. The maximum atomic E-state index is 12.5. The number of esters is 1. The average molecular weight is 475 g/mol. The van der Waals surface area contributed by atoms with Gasteiger partial charge in [0.1, 0.15) is 11.6 Å². The lowest BCUT2D eigenvalue weighted by atomic mass is 10.1. The van der Waals surface area contributed by atoms with Gasteiger partial charge in [-0.2, -0.15) is 5.10 Å². The smallest absolute Gasteiger partial charge is 0.338 e. The van der Waals surface area contributed by atoms with Gasteiger partial charge < -0.3 is 10.1 Å². The molecule has 0 saturated carbocycles. The Bertz CT molecular complexity index is 1340. The van der Waals surface area contributed by atoms with Crippen molar-refractivity contribution in [1.29, 1.82) is 0 Å². The Morgan fingerprint density at radius 2 is 1.79 bits per heavy atom. The highest BCUT2D eigenvalue weighted by Gasteiger charge is 2.13. The number of hydrogen-bond donors (Lipinski definition) is 1. The molecule has 174 valence electrons. The van der Waals surface area contributed by atoms with Gasteiger partial charge in [-0.25, -0.2) is 14.5 Å². The van der Waals surface area contributed by atoms with Crippen LogP contribution in [0.4, 0.5) is 5.69 Å². The molecule has 7 nitrogen and oxygen atoms in total. The normalized spacial score (nSPS) is 10.8. The van der Waals surface area contributed by atoms with Crippen LogP contribution >= 0.6 is 11.3 Å². The van der Waals surface area contributed by atoms with Crippen LogP contribution in [0.25, 0.3) is 5.69 Å². The summed E-state index contributed by atoms with van der Waals surface area (Å²) in [6.45, 7) is 7.91. The number of rotatable bonds is 7. The number of benzene rings is 2. The second-order valence-electron chi connectivity index (χ2n) is 8.24. The van der Waals surface area contributed by atoms with Crippen LogP contribution < -0.4 is 5.32 Å². The van der Waals surface area contributed by atoms with Gasteiger partial charge in [0.05, 0.1) is 29.1 Å². The molecule has 2 aromatic carbocycles. The number of aromatic nitrogens is 3. The quantitative estimate of drug-likeness (QED) is 0.377. The van der Waals surface area contributed by atoms with E-state index in [2.05, 4.69) is 15.4 Å². The fourth-order valence-corrected chi connectivity index (χ4v) is 4.33. The van der Waals surface area contributed by atoms with E-state index < -0.39 is 5.97 Å². The highest BCUT2D eigenvalue weighted by molar-refractivity contribution is 7.09. The number of nitrogens with one attached hydrogen (secondary N) is 1. The number of anilines is 1. The van der Waals surface area contributed by atoms with Crippen molar-refractivity contribution in [2.45, 2.75) is 40.7 Å². The van der Waals surface area contributed by atoms with E-state index in [1.54, 1.807) is 17.5 Å². The van der Waals surface area contributed by atoms with E-state index >= 15 is 0 Å². The maximum absolute atomic E-state index is 12.5. The minimum Gasteiger partial charge on any atom is -0.456 e. The molecular weight excluding hydrogens is 448 g/mol. The van der Waals surface area contributed by atoms with Crippen LogP contribution in [0, 0.1) is 27.7 Å². The van der Waals surface area contributed by atoms with Gasteiger partial charge >= 0.3 is 5.97 Å². The van der Waals surface area contributed by atoms with Crippen molar-refractivity contribution in [3.8, 4) is 5.69 Å². The van der Waals surface area contributed by atoms with E-state index in [-0.39, 0.29) is 18.9 Å². The molecular formula is C26H26N4O3S. The Morgan fingerprint density at radius 3 is 2.50 bits per heavy atom. The van der Waals surface area contributed by atoms with Crippen LogP contribution in [-0.4, -0.2) is 26.6 Å². The molecule has 4 rings (SSSR count). The van der Waals surface area contributed by atoms with E-state index in [4.69, 9.17) is 4.74 Å². The Morgan fingerprint density at radius 1 is 1.03 bits per heavy atom. The largest absolute Gasteiger partial charge is 0.456 e. The van der Waals surface area contributed by atoms with Crippen molar-refractivity contribution in [3.05, 3.63) is 92.7 Å². The van der Waals surface area contributed by atoms with Gasteiger partial charge in [-0.15, -0.1) is 11.3 Å². The van der Waals surface area contributed by atoms with Gasteiger partial charge in [0.2, 0.25) is 5.91 Å². The van der Waals surface area contributed by atoms with Gasteiger partial charge in [-0.3, -0.25) is 4.79 Å². The Hall–Kier alpha value is -3.78. The summed E-state index contributed by atoms with van der Waals surface area (Å²) in [6.07, 6.45) is 0.166. The summed E-state index contributed by atoms with van der Waals surface area (Å²) < 4.78 is 7.24. The maximum Gasteiger partial charge on any atom is 0.338 e. The number of thiazole rings is 1. The number of ether oxygens (including phenoxy) is 1. The molecule has 0 spiro atoms. The summed E-state index contributed by atoms with van der Waals surface area (Å²) in [5.41, 5.74) is 6.81. The molecule has 34 heavy (non-hydrogen) atoms. The minimum absolute atomic E-state index is 0.0488. The lowest BCUT2D eigenvalue weighted by Gasteiger charge is -2.08. The van der Waals surface area contributed by atoms with Crippen LogP contribution in [-0.2, 0) is 22.6 Å². The summed E-state index contributed by atoms with van der Waals surface area (Å²) >= 11 is 1.37. The molecule has 1 N–H and O–H groups in total. The molecule has 0 aliphatic heterocycles. The molecule has 0 atom stereocenters. The summed E-state index contributed by atoms with van der Waals surface area (Å²) in [7, 11) is 0. The molecule has 0 saturated heterocycles. The number of nitrogens with zero attached hydrogens (tertiary/aromatic N) is 3. The van der Waals surface area contributed by atoms with Crippen molar-refractivity contribution in [3.63, 3.8) is 0 Å². The monoisotopic (exact) mass is 474 g/mol. The molecule has 0 aliphatic rings. The SMILES string of the molecule is Cc1ccc(C)c(NC(=O)Cc2nc(COC(=O)c3ccc(-n4nc(C)cc4C)cc3)cs2)c1. The third kappa shape index (κ3) is 5.58. The van der Waals surface area contributed by atoms with Crippen LogP contribution in [0.1, 0.15) is 43.6 Å². The summed E-state index contributed by atoms with van der Waals surface area (Å²) in [4.78, 5) is 29.3. The fraction of sp³-hybridized carbons (Fsp3) is 0.231. The molecule has 0 bridgehead atoms. The topological polar surface area (TPSA) is 86.1 Å². The van der Waals surface area contributed by atoms with Gasteiger partial charge in [-0.05, 0) is 75.2 Å². The van der Waals surface area contributed by atoms with E-state index in [1.807, 2.05) is 68.8 Å². The summed E-state index contributed by atoms with van der Waals surface area (Å²) in [5.74, 6) is -0.559. The second-order valence-corrected chi connectivity index (χ2v) is 9.18. The van der Waals surface area contributed by atoms with Crippen molar-refractivity contribution >= 4 is 28.9 Å². The number of amides is 1. The number of hydrogen-bond acceptors (Lipinski definition) is 6. The average Bonchev–Trinajstić information content (AvgIpc) is 3.39.